The van der Waals surface area contributed by atoms with Crippen molar-refractivity contribution in [3.05, 3.63) is 28.3 Å². The first kappa shape index (κ1) is 16.8. The number of urea groups is 1. The number of nitrogens with zero attached hydrogens (tertiary/aromatic N) is 1. The molecule has 2 aliphatic rings. The molecule has 2 aliphatic carbocycles. The molecule has 4 N–H and O–H groups in total. The van der Waals surface area contributed by atoms with Crippen LogP contribution in [0.3, 0.4) is 0 Å². The van der Waals surface area contributed by atoms with Crippen LogP contribution in [-0.4, -0.2) is 24.6 Å². The van der Waals surface area contributed by atoms with Gasteiger partial charge < -0.3 is 15.8 Å². The van der Waals surface area contributed by atoms with E-state index in [0.29, 0.717) is 6.61 Å². The summed E-state index contributed by atoms with van der Waals surface area (Å²) in [5, 5.41) is 6.95. The maximum Gasteiger partial charge on any atom is 0.339 e. The molecule has 24 heavy (non-hydrogen) atoms. The van der Waals surface area contributed by atoms with E-state index < -0.39 is 0 Å². The Hall–Kier alpha value is -2.08. The molecule has 2 amide bonds. The van der Waals surface area contributed by atoms with E-state index in [2.05, 4.69) is 21.9 Å². The van der Waals surface area contributed by atoms with Gasteiger partial charge in [-0.05, 0) is 74.6 Å². The summed E-state index contributed by atoms with van der Waals surface area (Å²) in [6, 6.07) is 1.99. The minimum atomic E-state index is -0.351. The van der Waals surface area contributed by atoms with Crippen molar-refractivity contribution >= 4 is 17.6 Å². The molecule has 0 saturated heterocycles. The Morgan fingerprint density at radius 2 is 1.88 bits per heavy atom. The second kappa shape index (κ2) is 7.21. The minimum Gasteiger partial charge on any atom is -0.384 e. The fourth-order valence-electron chi connectivity index (χ4n) is 3.65. The fraction of sp³-hybridized carbons (Fsp3) is 0.556. The molecule has 6 heteroatoms. The van der Waals surface area contributed by atoms with E-state index in [1.165, 1.54) is 22.3 Å². The van der Waals surface area contributed by atoms with Crippen molar-refractivity contribution in [3.8, 4) is 0 Å². The van der Waals surface area contributed by atoms with Gasteiger partial charge in [0, 0.05) is 12.3 Å². The predicted octanol–water partition coefficient (Wildman–Crippen LogP) is 2.48. The Morgan fingerprint density at radius 1 is 1.25 bits per heavy atom. The van der Waals surface area contributed by atoms with Gasteiger partial charge in [-0.1, -0.05) is 6.07 Å². The summed E-state index contributed by atoms with van der Waals surface area (Å²) in [7, 11) is 0. The molecule has 6 nitrogen and oxygen atoms in total. The van der Waals surface area contributed by atoms with E-state index >= 15 is 0 Å². The van der Waals surface area contributed by atoms with Crippen LogP contribution >= 0.6 is 0 Å². The molecule has 1 atom stereocenters. The Labute approximate surface area is 142 Å². The van der Waals surface area contributed by atoms with Crippen LogP contribution in [0.1, 0.15) is 48.9 Å². The predicted molar refractivity (Wildman–Crippen MR) is 95.4 cm³/mol. The first-order valence-corrected chi connectivity index (χ1v) is 8.78. The number of ether oxygens (including phenoxy) is 1. The lowest BCUT2D eigenvalue weighted by Gasteiger charge is -2.16. The van der Waals surface area contributed by atoms with Gasteiger partial charge in [-0.25, -0.2) is 10.2 Å². The van der Waals surface area contributed by atoms with Crippen LogP contribution in [0.2, 0.25) is 0 Å². The highest BCUT2D eigenvalue weighted by atomic mass is 16.5. The average Bonchev–Trinajstić information content (AvgIpc) is 3.21. The molecule has 1 aromatic rings. The second-order valence-corrected chi connectivity index (χ2v) is 6.43. The topological polar surface area (TPSA) is 88.7 Å². The van der Waals surface area contributed by atoms with Crippen molar-refractivity contribution in [3.63, 3.8) is 0 Å². The van der Waals surface area contributed by atoms with Gasteiger partial charge in [-0.15, -0.1) is 0 Å². The molecule has 130 valence electrons. The Kier molecular flexibility index (Phi) is 5.04. The molecule has 0 bridgehead atoms. The summed E-state index contributed by atoms with van der Waals surface area (Å²) in [5.41, 5.74) is 14.7. The summed E-state index contributed by atoms with van der Waals surface area (Å²) >= 11 is 0. The van der Waals surface area contributed by atoms with Crippen molar-refractivity contribution in [2.24, 2.45) is 10.8 Å². The van der Waals surface area contributed by atoms with Crippen LogP contribution in [0.5, 0.6) is 0 Å². The number of hydrazone groups is 1. The van der Waals surface area contributed by atoms with Gasteiger partial charge in [-0.3, -0.25) is 0 Å². The van der Waals surface area contributed by atoms with Gasteiger partial charge in [-0.2, -0.15) is 5.10 Å². The number of nitrogens with one attached hydrogen (secondary N) is 2. The molecule has 0 radical (unpaired) electrons. The van der Waals surface area contributed by atoms with Crippen molar-refractivity contribution < 1.29 is 9.53 Å². The number of aryl methyl sites for hydroxylation is 2. The molecule has 3 rings (SSSR count). The van der Waals surface area contributed by atoms with Gasteiger partial charge in [0.15, 0.2) is 0 Å². The molecular weight excluding hydrogens is 304 g/mol. The van der Waals surface area contributed by atoms with Crippen LogP contribution < -0.4 is 16.5 Å². The summed E-state index contributed by atoms with van der Waals surface area (Å²) in [6.07, 6.45) is 6.28. The van der Waals surface area contributed by atoms with E-state index in [0.717, 1.165) is 44.2 Å². The standard InChI is InChI=1S/C18H26N4O2/c1-3-24-11(2)17(19)21-22-18(23)20-16-14-8-4-6-12(14)10-13-7-5-9-15(13)16/h10-11H,3-9H2,1-2H3,(H2,19,21)(H2,20,22,23). The number of carbonyl (C=O) groups excluding carboxylic acids is 1. The number of amidine groups is 1. The molecule has 0 aliphatic heterocycles. The van der Waals surface area contributed by atoms with Crippen LogP contribution in [-0.2, 0) is 30.4 Å². The number of hydrogen-bond acceptors (Lipinski definition) is 3. The SMILES string of the molecule is CCOC(C)/C(N)=N/NC(=O)Nc1c2c(cc3c1CCC3)CCC2. The number of fused-ring (bicyclic) bond motifs is 2. The van der Waals surface area contributed by atoms with E-state index in [1.807, 2.05) is 6.92 Å². The van der Waals surface area contributed by atoms with Gasteiger partial charge >= 0.3 is 6.03 Å². The Balaban J connectivity index is 1.73. The van der Waals surface area contributed by atoms with Crippen molar-refractivity contribution in [1.82, 2.24) is 5.43 Å². The highest BCUT2D eigenvalue weighted by Gasteiger charge is 2.24. The highest BCUT2D eigenvalue weighted by Crippen LogP contribution is 2.38. The number of benzene rings is 1. The molecule has 0 spiro atoms. The molecule has 0 saturated carbocycles. The monoisotopic (exact) mass is 330 g/mol. The second-order valence-electron chi connectivity index (χ2n) is 6.43. The molecule has 1 unspecified atom stereocenters. The summed E-state index contributed by atoms with van der Waals surface area (Å²) in [6.45, 7) is 4.24. The smallest absolute Gasteiger partial charge is 0.339 e. The number of carbonyl (C=O) groups is 1. The van der Waals surface area contributed by atoms with E-state index in [9.17, 15) is 4.79 Å². The largest absolute Gasteiger partial charge is 0.384 e. The first-order valence-electron chi connectivity index (χ1n) is 8.78. The summed E-state index contributed by atoms with van der Waals surface area (Å²) in [4.78, 5) is 12.3. The first-order chi connectivity index (χ1) is 11.6. The van der Waals surface area contributed by atoms with E-state index in [4.69, 9.17) is 10.5 Å². The van der Waals surface area contributed by atoms with Crippen LogP contribution in [0.15, 0.2) is 11.2 Å². The quantitative estimate of drug-likeness (QED) is 0.440. The Morgan fingerprint density at radius 3 is 2.46 bits per heavy atom. The molecule has 0 aromatic heterocycles. The summed E-state index contributed by atoms with van der Waals surface area (Å²) < 4.78 is 5.35. The van der Waals surface area contributed by atoms with Crippen LogP contribution in [0.4, 0.5) is 10.5 Å². The zero-order chi connectivity index (χ0) is 17.1. The fourth-order valence-corrected chi connectivity index (χ4v) is 3.65. The van der Waals surface area contributed by atoms with Gasteiger partial charge in [0.1, 0.15) is 11.9 Å². The maximum absolute atomic E-state index is 12.3. The van der Waals surface area contributed by atoms with Crippen molar-refractivity contribution in [2.75, 3.05) is 11.9 Å². The maximum atomic E-state index is 12.3. The minimum absolute atomic E-state index is 0.260. The zero-order valence-electron chi connectivity index (χ0n) is 14.4. The van der Waals surface area contributed by atoms with Gasteiger partial charge in [0.2, 0.25) is 0 Å². The number of anilines is 1. The lowest BCUT2D eigenvalue weighted by Crippen LogP contribution is -2.34. The third-order valence-electron chi connectivity index (χ3n) is 4.83. The zero-order valence-corrected chi connectivity index (χ0v) is 14.4. The highest BCUT2D eigenvalue weighted by molar-refractivity contribution is 5.93. The molecule has 0 heterocycles. The Bertz CT molecular complexity index is 637. The molecule has 0 fully saturated rings. The third-order valence-corrected chi connectivity index (χ3v) is 4.83. The van der Waals surface area contributed by atoms with E-state index in [-0.39, 0.29) is 18.0 Å². The lowest BCUT2D eigenvalue weighted by atomic mass is 9.99. The number of hydrogen-bond donors (Lipinski definition) is 3. The van der Waals surface area contributed by atoms with Crippen molar-refractivity contribution in [2.45, 2.75) is 58.5 Å². The lowest BCUT2D eigenvalue weighted by molar-refractivity contribution is 0.121. The van der Waals surface area contributed by atoms with E-state index in [1.54, 1.807) is 6.92 Å². The average molecular weight is 330 g/mol. The molecular formula is C18H26N4O2. The number of nitrogens with two attached hydrogens (primary N) is 1. The van der Waals surface area contributed by atoms with Crippen LogP contribution in [0, 0.1) is 0 Å². The van der Waals surface area contributed by atoms with Gasteiger partial charge in [0.05, 0.1) is 0 Å². The van der Waals surface area contributed by atoms with Gasteiger partial charge in [0.25, 0.3) is 0 Å². The number of rotatable bonds is 5. The normalized spacial score (nSPS) is 17.3. The summed E-state index contributed by atoms with van der Waals surface area (Å²) in [5.74, 6) is 0.260. The van der Waals surface area contributed by atoms with Crippen LogP contribution in [0.25, 0.3) is 0 Å². The molecule has 1 aromatic carbocycles. The van der Waals surface area contributed by atoms with Crippen molar-refractivity contribution in [1.29, 1.82) is 0 Å². The number of amides is 2. The third kappa shape index (κ3) is 3.38.